The third kappa shape index (κ3) is 6.41. The number of aryl methyl sites for hydroxylation is 1. The summed E-state index contributed by atoms with van der Waals surface area (Å²) >= 11 is 0. The van der Waals surface area contributed by atoms with Gasteiger partial charge in [0.25, 0.3) is 0 Å². The molecule has 0 amide bonds. The topological polar surface area (TPSA) is 56.8 Å². The minimum Gasteiger partial charge on any atom is -0.543 e. The van der Waals surface area contributed by atoms with Gasteiger partial charge >= 0.3 is 5.97 Å². The van der Waals surface area contributed by atoms with Gasteiger partial charge in [0.15, 0.2) is 0 Å². The number of nitrogens with one attached hydrogen (secondary N) is 1. The number of hydrogen-bond donors (Lipinski definition) is 1. The summed E-state index contributed by atoms with van der Waals surface area (Å²) in [7, 11) is -0.361. The van der Waals surface area contributed by atoms with E-state index in [0.29, 0.717) is 5.57 Å². The van der Waals surface area contributed by atoms with Gasteiger partial charge < -0.3 is 19.2 Å². The zero-order valence-corrected chi connectivity index (χ0v) is 22.6. The van der Waals surface area contributed by atoms with E-state index < -0.39 is 20.3 Å². The van der Waals surface area contributed by atoms with Crippen molar-refractivity contribution in [3.8, 4) is 11.5 Å². The Morgan fingerprint density at radius 1 is 1.15 bits per heavy atom. The molecule has 0 spiro atoms. The van der Waals surface area contributed by atoms with Crippen LogP contribution >= 0.6 is 0 Å². The van der Waals surface area contributed by atoms with Crippen LogP contribution in [0.5, 0.6) is 11.5 Å². The van der Waals surface area contributed by atoms with Gasteiger partial charge in [0.05, 0.1) is 25.3 Å². The fourth-order valence-corrected chi connectivity index (χ4v) is 4.23. The maximum Gasteiger partial charge on any atom is 0.335 e. The summed E-state index contributed by atoms with van der Waals surface area (Å²) in [5.74, 6) is 1.15. The number of anilines is 1. The molecule has 0 bridgehead atoms. The van der Waals surface area contributed by atoms with Crippen LogP contribution in [0.1, 0.15) is 50.4 Å². The molecule has 0 unspecified atom stereocenters. The summed E-state index contributed by atoms with van der Waals surface area (Å²) in [6.07, 6.45) is 0. The van der Waals surface area contributed by atoms with Gasteiger partial charge in [-0.3, -0.25) is 0 Å². The van der Waals surface area contributed by atoms with Gasteiger partial charge in [0.2, 0.25) is 8.32 Å². The second kappa shape index (κ2) is 10.5. The van der Waals surface area contributed by atoms with Crippen molar-refractivity contribution in [1.29, 1.82) is 0 Å². The first kappa shape index (κ1) is 26.5. The van der Waals surface area contributed by atoms with Gasteiger partial charge in [-0.05, 0) is 73.8 Å². The molecule has 6 heteroatoms. The van der Waals surface area contributed by atoms with Crippen molar-refractivity contribution in [2.75, 3.05) is 19.0 Å². The van der Waals surface area contributed by atoms with Crippen LogP contribution in [0.2, 0.25) is 18.1 Å². The quantitative estimate of drug-likeness (QED) is 0.244. The normalized spacial score (nSPS) is 12.6. The maximum atomic E-state index is 12.6. The maximum absolute atomic E-state index is 12.6. The Kier molecular flexibility index (Phi) is 8.41. The summed E-state index contributed by atoms with van der Waals surface area (Å²) in [4.78, 5) is 12.6. The molecular weight excluding hydrogens is 430 g/mol. The van der Waals surface area contributed by atoms with Crippen molar-refractivity contribution < 1.29 is 18.7 Å². The number of carbonyl (C=O) groups excluding carboxylic acids is 1. The minimum absolute atomic E-state index is 0.0746. The van der Waals surface area contributed by atoms with Crippen LogP contribution in [0, 0.1) is 13.8 Å². The number of methoxy groups -OCH3 is 1. The second-order valence-electron chi connectivity index (χ2n) is 9.88. The van der Waals surface area contributed by atoms with E-state index in [9.17, 15) is 4.79 Å². The van der Waals surface area contributed by atoms with Crippen LogP contribution in [0.3, 0.4) is 0 Å². The monoisotopic (exact) mass is 469 g/mol. The van der Waals surface area contributed by atoms with Gasteiger partial charge in [-0.25, -0.2) is 4.79 Å². The number of benzene rings is 2. The summed E-state index contributed by atoms with van der Waals surface area (Å²) in [6, 6.07) is 11.4. The minimum atomic E-state index is -2.02. The number of esters is 1. The fourth-order valence-electron chi connectivity index (χ4n) is 3.21. The first-order chi connectivity index (χ1) is 15.3. The first-order valence-electron chi connectivity index (χ1n) is 11.4. The highest BCUT2D eigenvalue weighted by atomic mass is 28.4. The van der Waals surface area contributed by atoms with Crippen molar-refractivity contribution in [3.05, 3.63) is 65.2 Å². The molecule has 2 rings (SSSR count). The van der Waals surface area contributed by atoms with E-state index in [1.54, 1.807) is 14.0 Å². The average molecular weight is 470 g/mol. The van der Waals surface area contributed by atoms with E-state index in [-0.39, 0.29) is 11.6 Å². The number of carbonyl (C=O) groups is 1. The molecule has 0 saturated heterocycles. The molecule has 0 aliphatic carbocycles. The van der Waals surface area contributed by atoms with Gasteiger partial charge in [0.1, 0.15) is 11.5 Å². The summed E-state index contributed by atoms with van der Waals surface area (Å²) < 4.78 is 17.3. The lowest BCUT2D eigenvalue weighted by molar-refractivity contribution is -0.138. The number of ether oxygens (including phenoxy) is 2. The molecular formula is C27H39NO4Si. The largest absolute Gasteiger partial charge is 0.543 e. The molecule has 2 aromatic rings. The lowest BCUT2D eigenvalue weighted by Gasteiger charge is -2.36. The molecule has 0 aliphatic rings. The van der Waals surface area contributed by atoms with Crippen molar-refractivity contribution in [2.24, 2.45) is 0 Å². The van der Waals surface area contributed by atoms with Crippen molar-refractivity contribution in [1.82, 2.24) is 0 Å². The van der Waals surface area contributed by atoms with Crippen LogP contribution in [-0.4, -0.2) is 28.0 Å². The Bertz CT molecular complexity index is 1010. The Hall–Kier alpha value is -2.73. The Morgan fingerprint density at radius 2 is 1.82 bits per heavy atom. The van der Waals surface area contributed by atoms with Crippen LogP contribution in [0.25, 0.3) is 0 Å². The van der Waals surface area contributed by atoms with E-state index >= 15 is 0 Å². The zero-order valence-electron chi connectivity index (χ0n) is 21.6. The van der Waals surface area contributed by atoms with E-state index in [1.807, 2.05) is 50.2 Å². The molecule has 0 aliphatic heterocycles. The zero-order chi connectivity index (χ0) is 25.0. The Labute approximate surface area is 200 Å². The SMILES string of the molecule is C=C(C(=O)OCC)[C@@H](Nc1cc(C)c(C)c(OC)c1)c1cccc(O[Si](C)(C)C(C)(C)C)c1. The molecule has 1 atom stereocenters. The highest BCUT2D eigenvalue weighted by molar-refractivity contribution is 6.74. The fraction of sp³-hybridized carbons (Fsp3) is 0.444. The third-order valence-corrected chi connectivity index (χ3v) is 10.8. The molecule has 0 heterocycles. The van der Waals surface area contributed by atoms with E-state index in [1.165, 1.54) is 0 Å². The molecule has 5 nitrogen and oxygen atoms in total. The lowest BCUT2D eigenvalue weighted by Crippen LogP contribution is -2.43. The molecule has 0 saturated carbocycles. The first-order valence-corrected chi connectivity index (χ1v) is 14.3. The predicted molar refractivity (Wildman–Crippen MR) is 139 cm³/mol. The number of rotatable bonds is 9. The van der Waals surface area contributed by atoms with Crippen LogP contribution in [-0.2, 0) is 9.53 Å². The molecule has 0 radical (unpaired) electrons. The van der Waals surface area contributed by atoms with E-state index in [2.05, 4.69) is 45.8 Å². The molecule has 0 fully saturated rings. The van der Waals surface area contributed by atoms with Crippen LogP contribution in [0.4, 0.5) is 5.69 Å². The van der Waals surface area contributed by atoms with Crippen molar-refractivity contribution >= 4 is 20.0 Å². The third-order valence-electron chi connectivity index (χ3n) is 6.41. The standard InChI is InChI=1S/C27H39NO4Si/c1-11-31-26(29)20(4)25(28-22-15-18(2)19(3)24(17-22)30-8)21-13-12-14-23(16-21)32-33(9,10)27(5,6)7/h12-17,25,28H,4,11H2,1-3,5-10H3/t25-/m1/s1. The van der Waals surface area contributed by atoms with Gasteiger partial charge in [-0.1, -0.05) is 39.5 Å². The summed E-state index contributed by atoms with van der Waals surface area (Å²) in [5.41, 5.74) is 4.21. The smallest absolute Gasteiger partial charge is 0.335 e. The molecule has 180 valence electrons. The average Bonchev–Trinajstić information content (AvgIpc) is 2.73. The predicted octanol–water partition coefficient (Wildman–Crippen LogP) is 6.97. The number of hydrogen-bond acceptors (Lipinski definition) is 5. The van der Waals surface area contributed by atoms with Gasteiger partial charge in [-0.2, -0.15) is 0 Å². The highest BCUT2D eigenvalue weighted by Crippen LogP contribution is 2.38. The van der Waals surface area contributed by atoms with E-state index in [0.717, 1.165) is 33.9 Å². The molecule has 33 heavy (non-hydrogen) atoms. The Balaban J connectivity index is 2.48. The second-order valence-corrected chi connectivity index (χ2v) is 14.6. The molecule has 2 aromatic carbocycles. The molecule has 1 N–H and O–H groups in total. The van der Waals surface area contributed by atoms with E-state index in [4.69, 9.17) is 13.9 Å². The van der Waals surface area contributed by atoms with Crippen LogP contribution in [0.15, 0.2) is 48.6 Å². The van der Waals surface area contributed by atoms with Crippen molar-refractivity contribution in [2.45, 2.75) is 65.7 Å². The van der Waals surface area contributed by atoms with Crippen molar-refractivity contribution in [3.63, 3.8) is 0 Å². The lowest BCUT2D eigenvalue weighted by atomic mass is 9.98. The Morgan fingerprint density at radius 3 is 2.39 bits per heavy atom. The van der Waals surface area contributed by atoms with Gasteiger partial charge in [0, 0.05) is 11.8 Å². The van der Waals surface area contributed by atoms with Gasteiger partial charge in [-0.15, -0.1) is 0 Å². The summed E-state index contributed by atoms with van der Waals surface area (Å²) in [5, 5.41) is 3.55. The summed E-state index contributed by atoms with van der Waals surface area (Å²) in [6.45, 7) is 21.3. The highest BCUT2D eigenvalue weighted by Gasteiger charge is 2.39. The molecule has 0 aromatic heterocycles. The van der Waals surface area contributed by atoms with Crippen LogP contribution < -0.4 is 14.5 Å².